The third-order valence-corrected chi connectivity index (χ3v) is 2.68. The normalized spacial score (nSPS) is 12.3. The summed E-state index contributed by atoms with van der Waals surface area (Å²) in [5.41, 5.74) is 0. The zero-order valence-corrected chi connectivity index (χ0v) is 9.57. The Hall–Kier alpha value is -0.420. The first-order chi connectivity index (χ1) is 5.95. The van der Waals surface area contributed by atoms with Crippen molar-refractivity contribution in [3.8, 4) is 0 Å². The van der Waals surface area contributed by atoms with Gasteiger partial charge in [-0.15, -0.1) is 0 Å². The zero-order valence-electron chi connectivity index (χ0n) is 8.75. The average Bonchev–Trinajstić information content (AvgIpc) is 1.98. The lowest BCUT2D eigenvalue weighted by Gasteiger charge is -2.24. The fraction of sp³-hybridized carbons (Fsp3) is 0.875. The minimum Gasteiger partial charge on any atom is -0.449 e. The SMILES string of the molecule is COCNC(=O)OCCS(C)(C)C. The second-order valence-corrected chi connectivity index (χ2v) is 8.13. The van der Waals surface area contributed by atoms with E-state index in [1.807, 2.05) is 0 Å². The number of hydrogen-bond donors (Lipinski definition) is 1. The van der Waals surface area contributed by atoms with Crippen LogP contribution in [0.15, 0.2) is 0 Å². The van der Waals surface area contributed by atoms with Gasteiger partial charge in [-0.2, -0.15) is 0 Å². The van der Waals surface area contributed by atoms with Gasteiger partial charge in [-0.1, -0.05) is 0 Å². The van der Waals surface area contributed by atoms with E-state index in [1.54, 1.807) is 0 Å². The lowest BCUT2D eigenvalue weighted by atomic mass is 10.8. The lowest BCUT2D eigenvalue weighted by Crippen LogP contribution is -2.27. The van der Waals surface area contributed by atoms with Crippen LogP contribution in [-0.2, 0) is 9.47 Å². The molecule has 0 saturated heterocycles. The molecule has 0 heterocycles. The lowest BCUT2D eigenvalue weighted by molar-refractivity contribution is 0.124. The molecule has 0 fully saturated rings. The Morgan fingerprint density at radius 2 is 2.00 bits per heavy atom. The number of carbonyl (C=O) groups is 1. The van der Waals surface area contributed by atoms with Gasteiger partial charge in [-0.3, -0.25) is 5.32 Å². The van der Waals surface area contributed by atoms with Gasteiger partial charge in [-0.05, 0) is 18.8 Å². The summed E-state index contributed by atoms with van der Waals surface area (Å²) in [7, 11) is 0.937. The molecule has 0 aliphatic carbocycles. The minimum atomic E-state index is -0.577. The van der Waals surface area contributed by atoms with E-state index in [4.69, 9.17) is 4.74 Å². The third-order valence-electron chi connectivity index (χ3n) is 1.29. The van der Waals surface area contributed by atoms with Crippen molar-refractivity contribution in [2.45, 2.75) is 0 Å². The highest BCUT2D eigenvalue weighted by molar-refractivity contribution is 8.32. The molecule has 0 spiro atoms. The summed E-state index contributed by atoms with van der Waals surface area (Å²) in [4.78, 5) is 10.9. The van der Waals surface area contributed by atoms with Crippen LogP contribution in [0, 0.1) is 0 Å². The number of amides is 1. The van der Waals surface area contributed by atoms with Crippen LogP contribution < -0.4 is 5.32 Å². The molecule has 0 aromatic heterocycles. The number of methoxy groups -OCH3 is 1. The van der Waals surface area contributed by atoms with E-state index >= 15 is 0 Å². The van der Waals surface area contributed by atoms with E-state index in [9.17, 15) is 4.79 Å². The number of hydrogen-bond acceptors (Lipinski definition) is 3. The number of carbonyl (C=O) groups excluding carboxylic acids is 1. The molecule has 4 nitrogen and oxygen atoms in total. The zero-order chi connectivity index (χ0) is 10.3. The van der Waals surface area contributed by atoms with Gasteiger partial charge in [0.15, 0.2) is 0 Å². The highest BCUT2D eigenvalue weighted by Gasteiger charge is 2.06. The maximum absolute atomic E-state index is 10.9. The average molecular weight is 209 g/mol. The Morgan fingerprint density at radius 1 is 1.38 bits per heavy atom. The first kappa shape index (κ1) is 12.6. The van der Waals surface area contributed by atoms with Crippen LogP contribution in [0.25, 0.3) is 0 Å². The number of rotatable bonds is 5. The van der Waals surface area contributed by atoms with Gasteiger partial charge in [0.05, 0.1) is 0 Å². The van der Waals surface area contributed by atoms with Crippen molar-refractivity contribution >= 4 is 16.1 Å². The molecule has 0 aliphatic rings. The standard InChI is InChI=1S/C8H19NO3S/c1-11-7-9-8(10)12-5-6-13(2,3)4/h5-7H2,1-4H3,(H,9,10). The summed E-state index contributed by atoms with van der Waals surface area (Å²) in [6.45, 7) is 0.676. The molecule has 0 aromatic carbocycles. The second kappa shape index (κ2) is 6.10. The molecule has 13 heavy (non-hydrogen) atoms. The largest absolute Gasteiger partial charge is 0.449 e. The molecule has 1 N–H and O–H groups in total. The van der Waals surface area contributed by atoms with E-state index < -0.39 is 16.1 Å². The molecule has 0 aliphatic heterocycles. The number of nitrogens with one attached hydrogen (secondary N) is 1. The van der Waals surface area contributed by atoms with Gasteiger partial charge < -0.3 is 9.47 Å². The summed E-state index contributed by atoms with van der Waals surface area (Å²) in [6.07, 6.45) is 6.14. The van der Waals surface area contributed by atoms with Crippen LogP contribution in [0.5, 0.6) is 0 Å². The van der Waals surface area contributed by atoms with Crippen molar-refractivity contribution in [2.75, 3.05) is 45.0 Å². The Balaban J connectivity index is 3.37. The van der Waals surface area contributed by atoms with Crippen LogP contribution >= 0.6 is 10.0 Å². The molecule has 0 bridgehead atoms. The maximum Gasteiger partial charge on any atom is 0.408 e. The van der Waals surface area contributed by atoms with Gasteiger partial charge in [0.25, 0.3) is 0 Å². The molecule has 0 aromatic rings. The van der Waals surface area contributed by atoms with E-state index in [-0.39, 0.29) is 6.73 Å². The van der Waals surface area contributed by atoms with Gasteiger partial charge >= 0.3 is 6.09 Å². The van der Waals surface area contributed by atoms with Crippen molar-refractivity contribution in [3.63, 3.8) is 0 Å². The molecule has 0 radical (unpaired) electrons. The third kappa shape index (κ3) is 9.49. The van der Waals surface area contributed by atoms with Gasteiger partial charge in [0.1, 0.15) is 13.3 Å². The molecular weight excluding hydrogens is 190 g/mol. The summed E-state index contributed by atoms with van der Waals surface area (Å²) in [6, 6.07) is 0. The monoisotopic (exact) mass is 209 g/mol. The van der Waals surface area contributed by atoms with E-state index in [0.29, 0.717) is 6.61 Å². The fourth-order valence-corrected chi connectivity index (χ4v) is 1.15. The smallest absolute Gasteiger partial charge is 0.408 e. The summed E-state index contributed by atoms with van der Waals surface area (Å²) in [5.74, 6) is 0.938. The van der Waals surface area contributed by atoms with Crippen molar-refractivity contribution in [3.05, 3.63) is 0 Å². The van der Waals surface area contributed by atoms with Gasteiger partial charge in [0.2, 0.25) is 0 Å². The molecular formula is C8H19NO3S. The fourth-order valence-electron chi connectivity index (χ4n) is 0.566. The van der Waals surface area contributed by atoms with E-state index in [2.05, 4.69) is 28.8 Å². The molecule has 0 rings (SSSR count). The molecule has 0 saturated carbocycles. The number of ether oxygens (including phenoxy) is 2. The van der Waals surface area contributed by atoms with Crippen LogP contribution in [0.4, 0.5) is 4.79 Å². The van der Waals surface area contributed by atoms with Crippen molar-refractivity contribution < 1.29 is 14.3 Å². The molecule has 0 atom stereocenters. The predicted molar refractivity (Wildman–Crippen MR) is 56.6 cm³/mol. The highest BCUT2D eigenvalue weighted by atomic mass is 32.3. The molecule has 80 valence electrons. The molecule has 5 heteroatoms. The Morgan fingerprint density at radius 3 is 2.46 bits per heavy atom. The number of alkyl carbamates (subject to hydrolysis) is 1. The minimum absolute atomic E-state index is 0.196. The first-order valence-corrected chi connectivity index (χ1v) is 7.04. The van der Waals surface area contributed by atoms with Gasteiger partial charge in [0, 0.05) is 12.9 Å². The topological polar surface area (TPSA) is 47.6 Å². The van der Waals surface area contributed by atoms with Crippen LogP contribution in [-0.4, -0.2) is 51.1 Å². The summed E-state index contributed by atoms with van der Waals surface area (Å²) in [5, 5.41) is 2.44. The van der Waals surface area contributed by atoms with Crippen LogP contribution in [0.3, 0.4) is 0 Å². The molecule has 0 unspecified atom stereocenters. The first-order valence-electron chi connectivity index (χ1n) is 4.01. The quantitative estimate of drug-likeness (QED) is 0.687. The Kier molecular flexibility index (Phi) is 5.90. The van der Waals surface area contributed by atoms with Crippen molar-refractivity contribution in [1.82, 2.24) is 5.32 Å². The van der Waals surface area contributed by atoms with E-state index in [1.165, 1.54) is 7.11 Å². The predicted octanol–water partition coefficient (Wildman–Crippen LogP) is 1.01. The van der Waals surface area contributed by atoms with Crippen LogP contribution in [0.2, 0.25) is 0 Å². The van der Waals surface area contributed by atoms with Crippen molar-refractivity contribution in [2.24, 2.45) is 0 Å². The van der Waals surface area contributed by atoms with Crippen molar-refractivity contribution in [1.29, 1.82) is 0 Å². The van der Waals surface area contributed by atoms with Gasteiger partial charge in [-0.25, -0.2) is 14.8 Å². The summed E-state index contributed by atoms with van der Waals surface area (Å²) >= 11 is 0. The summed E-state index contributed by atoms with van der Waals surface area (Å²) < 4.78 is 9.56. The van der Waals surface area contributed by atoms with E-state index in [0.717, 1.165) is 5.75 Å². The maximum atomic E-state index is 10.9. The van der Waals surface area contributed by atoms with Crippen LogP contribution in [0.1, 0.15) is 0 Å². The molecule has 1 amide bonds. The second-order valence-electron chi connectivity index (χ2n) is 3.54. The Labute approximate surface area is 81.3 Å². The Bertz CT molecular complexity index is 156. The highest BCUT2D eigenvalue weighted by Crippen LogP contribution is 2.33.